The Labute approximate surface area is 116 Å². The molecule has 1 heterocycles. The van der Waals surface area contributed by atoms with E-state index in [-0.39, 0.29) is 26.8 Å². The number of nitrogens with one attached hydrogen (secondary N) is 1. The molecule has 2 aromatic carbocycles. The first kappa shape index (κ1) is 12.3. The third-order valence-electron chi connectivity index (χ3n) is 3.03. The van der Waals surface area contributed by atoms with Gasteiger partial charge in [0.2, 0.25) is 0 Å². The summed E-state index contributed by atoms with van der Waals surface area (Å²) in [5, 5.41) is 3.32. The Kier molecular flexibility index (Phi) is 3.32. The second kappa shape index (κ2) is 5.11. The SMILES string of the molecule is CC(Nc1cccc2n[se]nc12)c1ccccc1F. The monoisotopic (exact) mass is 321 g/mol. The molecule has 0 spiro atoms. The summed E-state index contributed by atoms with van der Waals surface area (Å²) in [6.07, 6.45) is 0. The quantitative estimate of drug-likeness (QED) is 0.754. The van der Waals surface area contributed by atoms with Crippen LogP contribution in [0, 0.1) is 5.82 Å². The first-order valence-electron chi connectivity index (χ1n) is 5.98. The van der Waals surface area contributed by atoms with E-state index in [0.717, 1.165) is 16.7 Å². The van der Waals surface area contributed by atoms with Crippen LogP contribution in [0.2, 0.25) is 0 Å². The molecule has 0 radical (unpaired) electrons. The van der Waals surface area contributed by atoms with E-state index in [4.69, 9.17) is 0 Å². The summed E-state index contributed by atoms with van der Waals surface area (Å²) < 4.78 is 22.5. The number of rotatable bonds is 3. The number of aromatic nitrogens is 2. The van der Waals surface area contributed by atoms with Gasteiger partial charge in [-0.3, -0.25) is 0 Å². The van der Waals surface area contributed by atoms with Crippen LogP contribution in [0.3, 0.4) is 0 Å². The topological polar surface area (TPSA) is 37.8 Å². The second-order valence-corrected chi connectivity index (χ2v) is 5.43. The molecule has 0 fully saturated rings. The number of benzene rings is 2. The molecule has 1 N–H and O–H groups in total. The Balaban J connectivity index is 1.93. The average Bonchev–Trinajstić information content (AvgIpc) is 2.88. The molecule has 96 valence electrons. The Morgan fingerprint density at radius 2 is 1.95 bits per heavy atom. The molecule has 1 aromatic heterocycles. The van der Waals surface area contributed by atoms with E-state index >= 15 is 0 Å². The van der Waals surface area contributed by atoms with Gasteiger partial charge in [0, 0.05) is 0 Å². The molecule has 0 saturated heterocycles. The average molecular weight is 320 g/mol. The van der Waals surface area contributed by atoms with Gasteiger partial charge < -0.3 is 0 Å². The van der Waals surface area contributed by atoms with Gasteiger partial charge in [-0.1, -0.05) is 0 Å². The summed E-state index contributed by atoms with van der Waals surface area (Å²) >= 11 is -0.0542. The molecule has 0 saturated carbocycles. The van der Waals surface area contributed by atoms with Crippen molar-refractivity contribution in [3.05, 3.63) is 53.8 Å². The molecule has 3 nitrogen and oxygen atoms in total. The summed E-state index contributed by atoms with van der Waals surface area (Å²) in [5.74, 6) is -0.194. The number of fused-ring (bicyclic) bond motifs is 1. The molecule has 19 heavy (non-hydrogen) atoms. The van der Waals surface area contributed by atoms with Gasteiger partial charge in [-0.25, -0.2) is 0 Å². The number of anilines is 1. The van der Waals surface area contributed by atoms with Gasteiger partial charge in [-0.05, 0) is 0 Å². The van der Waals surface area contributed by atoms with Crippen molar-refractivity contribution >= 4 is 31.7 Å². The first-order chi connectivity index (χ1) is 9.25. The summed E-state index contributed by atoms with van der Waals surface area (Å²) in [6.45, 7) is 1.94. The number of halogens is 1. The van der Waals surface area contributed by atoms with Crippen molar-refractivity contribution in [2.75, 3.05) is 5.32 Å². The molecule has 1 unspecified atom stereocenters. The third kappa shape index (κ3) is 2.39. The van der Waals surface area contributed by atoms with Crippen LogP contribution in [0.15, 0.2) is 42.5 Å². The van der Waals surface area contributed by atoms with E-state index in [1.165, 1.54) is 6.07 Å². The second-order valence-electron chi connectivity index (χ2n) is 4.33. The van der Waals surface area contributed by atoms with E-state index in [2.05, 4.69) is 13.3 Å². The summed E-state index contributed by atoms with van der Waals surface area (Å²) in [6, 6.07) is 12.5. The summed E-state index contributed by atoms with van der Waals surface area (Å²) in [7, 11) is 0. The fourth-order valence-electron chi connectivity index (χ4n) is 2.06. The van der Waals surface area contributed by atoms with E-state index < -0.39 is 0 Å². The van der Waals surface area contributed by atoms with Crippen LogP contribution in [0.5, 0.6) is 0 Å². The third-order valence-corrected chi connectivity index (χ3v) is 4.17. The van der Waals surface area contributed by atoms with Crippen molar-refractivity contribution in [2.24, 2.45) is 0 Å². The van der Waals surface area contributed by atoms with Crippen molar-refractivity contribution in [1.29, 1.82) is 0 Å². The standard InChI is InChI=1S/C14H12FN3Se/c1-9(10-5-2-3-6-11(10)15)16-12-7-4-8-13-14(12)18-19-17-13/h2-9,16H,1H3. The van der Waals surface area contributed by atoms with Crippen LogP contribution < -0.4 is 5.32 Å². The van der Waals surface area contributed by atoms with Gasteiger partial charge in [0.15, 0.2) is 0 Å². The summed E-state index contributed by atoms with van der Waals surface area (Å²) in [5.41, 5.74) is 3.38. The van der Waals surface area contributed by atoms with E-state index in [9.17, 15) is 4.39 Å². The van der Waals surface area contributed by atoms with Crippen LogP contribution in [0.25, 0.3) is 11.0 Å². The number of hydrogen-bond donors (Lipinski definition) is 1. The maximum atomic E-state index is 13.7. The minimum absolute atomic E-state index is 0.0542. The van der Waals surface area contributed by atoms with Crippen LogP contribution >= 0.6 is 0 Å². The van der Waals surface area contributed by atoms with Crippen LogP contribution in [-0.4, -0.2) is 22.9 Å². The molecule has 0 aliphatic carbocycles. The van der Waals surface area contributed by atoms with Crippen LogP contribution in [0.1, 0.15) is 18.5 Å². The molecule has 5 heteroatoms. The molecule has 3 rings (SSSR count). The van der Waals surface area contributed by atoms with Crippen molar-refractivity contribution in [2.45, 2.75) is 13.0 Å². The molecule has 3 aromatic rings. The Bertz CT molecular complexity index is 710. The maximum absolute atomic E-state index is 13.7. The predicted molar refractivity (Wildman–Crippen MR) is 74.9 cm³/mol. The van der Waals surface area contributed by atoms with Gasteiger partial charge in [-0.2, -0.15) is 0 Å². The Morgan fingerprint density at radius 3 is 2.79 bits per heavy atom. The Morgan fingerprint density at radius 1 is 1.11 bits per heavy atom. The molecule has 0 amide bonds. The van der Waals surface area contributed by atoms with Gasteiger partial charge in [-0.15, -0.1) is 0 Å². The van der Waals surface area contributed by atoms with Gasteiger partial charge in [0.25, 0.3) is 0 Å². The molecule has 0 bridgehead atoms. The normalized spacial score (nSPS) is 12.5. The number of nitrogens with zero attached hydrogens (tertiary/aromatic N) is 2. The zero-order valence-corrected chi connectivity index (χ0v) is 12.0. The van der Waals surface area contributed by atoms with Crippen LogP contribution in [-0.2, 0) is 0 Å². The van der Waals surface area contributed by atoms with E-state index in [1.807, 2.05) is 31.2 Å². The molecule has 0 aliphatic rings. The van der Waals surface area contributed by atoms with Crippen molar-refractivity contribution < 1.29 is 4.39 Å². The first-order valence-corrected chi connectivity index (χ1v) is 7.51. The van der Waals surface area contributed by atoms with Crippen molar-refractivity contribution in [3.8, 4) is 0 Å². The Hall–Kier alpha value is -1.71. The van der Waals surface area contributed by atoms with Crippen molar-refractivity contribution in [1.82, 2.24) is 7.96 Å². The molecule has 1 atom stereocenters. The van der Waals surface area contributed by atoms with Crippen LogP contribution in [0.4, 0.5) is 10.1 Å². The zero-order chi connectivity index (χ0) is 13.2. The summed E-state index contributed by atoms with van der Waals surface area (Å²) in [4.78, 5) is 0. The van der Waals surface area contributed by atoms with E-state index in [1.54, 1.807) is 12.1 Å². The number of hydrogen-bond acceptors (Lipinski definition) is 3. The zero-order valence-electron chi connectivity index (χ0n) is 10.3. The molecular weight excluding hydrogens is 308 g/mol. The van der Waals surface area contributed by atoms with Gasteiger partial charge in [0.1, 0.15) is 0 Å². The minimum atomic E-state index is -0.194. The van der Waals surface area contributed by atoms with E-state index in [0.29, 0.717) is 5.56 Å². The molecule has 0 aliphatic heterocycles. The molecular formula is C14H12FN3Se. The fraction of sp³-hybridized carbons (Fsp3) is 0.143. The van der Waals surface area contributed by atoms with Crippen molar-refractivity contribution in [3.63, 3.8) is 0 Å². The van der Waals surface area contributed by atoms with Gasteiger partial charge >= 0.3 is 116 Å². The fourth-order valence-corrected chi connectivity index (χ4v) is 3.21. The predicted octanol–water partition coefficient (Wildman–Crippen LogP) is 3.00. The van der Waals surface area contributed by atoms with Gasteiger partial charge in [0.05, 0.1) is 0 Å².